The lowest BCUT2D eigenvalue weighted by Gasteiger charge is -2.08. The largest absolute Gasteiger partial charge is 0.465 e. The summed E-state index contributed by atoms with van der Waals surface area (Å²) in [6.07, 6.45) is 1.18. The Morgan fingerprint density at radius 3 is 2.58 bits per heavy atom. The van der Waals surface area contributed by atoms with Gasteiger partial charge < -0.3 is 14.4 Å². The van der Waals surface area contributed by atoms with Gasteiger partial charge >= 0.3 is 5.97 Å². The lowest BCUT2D eigenvalue weighted by Crippen LogP contribution is -2.07. The molecule has 0 radical (unpaired) electrons. The first-order valence-electron chi connectivity index (χ1n) is 8.59. The van der Waals surface area contributed by atoms with Gasteiger partial charge in [0.15, 0.2) is 0 Å². The van der Waals surface area contributed by atoms with Gasteiger partial charge in [0.1, 0.15) is 11.3 Å². The average molecular weight is 347 g/mol. The van der Waals surface area contributed by atoms with Crippen LogP contribution in [0.4, 0.5) is 0 Å². The number of aliphatic hydroxyl groups excluding tert-OH is 1. The fourth-order valence-electron chi connectivity index (χ4n) is 2.99. The van der Waals surface area contributed by atoms with Crippen LogP contribution in [-0.4, -0.2) is 29.4 Å². The molecule has 0 atom stereocenters. The Kier molecular flexibility index (Phi) is 5.73. The van der Waals surface area contributed by atoms with Gasteiger partial charge in [0, 0.05) is 25.0 Å². The molecule has 0 saturated heterocycles. The number of rotatable bonds is 5. The number of aromatic nitrogens is 1. The van der Waals surface area contributed by atoms with Gasteiger partial charge in [-0.3, -0.25) is 0 Å². The van der Waals surface area contributed by atoms with Gasteiger partial charge in [-0.15, -0.1) is 0 Å². The van der Waals surface area contributed by atoms with E-state index < -0.39 is 0 Å². The number of methoxy groups -OCH3 is 1. The standard InChI is InChI=1S/C22H21NO3/c1-26-22(25)21-18-12-7-8-13-19(18)23(16-17-10-4-2-5-11-17)20(21)14-6-3-9-15-24/h2,4-5,7-8,10-13,24H,3,9,15-16H2,1H3. The first kappa shape index (κ1) is 17.8. The minimum Gasteiger partial charge on any atom is -0.465 e. The minimum atomic E-state index is -0.389. The van der Waals surface area contributed by atoms with Gasteiger partial charge in [-0.05, 0) is 24.0 Å². The average Bonchev–Trinajstić information content (AvgIpc) is 2.99. The van der Waals surface area contributed by atoms with Crippen molar-refractivity contribution < 1.29 is 14.6 Å². The highest BCUT2D eigenvalue weighted by Gasteiger charge is 2.22. The summed E-state index contributed by atoms with van der Waals surface area (Å²) in [6.45, 7) is 0.716. The van der Waals surface area contributed by atoms with Crippen molar-refractivity contribution in [3.05, 3.63) is 71.4 Å². The van der Waals surface area contributed by atoms with Crippen LogP contribution in [-0.2, 0) is 11.3 Å². The van der Waals surface area contributed by atoms with E-state index in [9.17, 15) is 4.79 Å². The van der Waals surface area contributed by atoms with E-state index in [1.165, 1.54) is 7.11 Å². The van der Waals surface area contributed by atoms with E-state index in [-0.39, 0.29) is 12.6 Å². The number of hydrogen-bond donors (Lipinski definition) is 1. The fraction of sp³-hybridized carbons (Fsp3) is 0.227. The molecule has 1 N–H and O–H groups in total. The second-order valence-corrected chi connectivity index (χ2v) is 5.93. The smallest absolute Gasteiger partial charge is 0.341 e. The number of carbonyl (C=O) groups is 1. The summed E-state index contributed by atoms with van der Waals surface area (Å²) >= 11 is 0. The van der Waals surface area contributed by atoms with Crippen molar-refractivity contribution in [2.24, 2.45) is 0 Å². The van der Waals surface area contributed by atoms with E-state index in [2.05, 4.69) is 28.5 Å². The second kappa shape index (κ2) is 8.37. The van der Waals surface area contributed by atoms with Crippen molar-refractivity contribution >= 4 is 16.9 Å². The van der Waals surface area contributed by atoms with Gasteiger partial charge in [0.05, 0.1) is 12.6 Å². The van der Waals surface area contributed by atoms with E-state index in [0.29, 0.717) is 30.6 Å². The van der Waals surface area contributed by atoms with Crippen LogP contribution in [0.3, 0.4) is 0 Å². The predicted octanol–water partition coefficient (Wildman–Crippen LogP) is 3.60. The van der Waals surface area contributed by atoms with Crippen molar-refractivity contribution in [3.8, 4) is 11.8 Å². The molecule has 4 heteroatoms. The molecule has 2 aromatic carbocycles. The molecule has 1 aromatic heterocycles. The Morgan fingerprint density at radius 1 is 1.12 bits per heavy atom. The molecule has 132 valence electrons. The van der Waals surface area contributed by atoms with Crippen molar-refractivity contribution in [1.82, 2.24) is 4.57 Å². The summed E-state index contributed by atoms with van der Waals surface area (Å²) in [5.74, 6) is 5.82. The van der Waals surface area contributed by atoms with Gasteiger partial charge in [-0.25, -0.2) is 4.79 Å². The molecule has 0 saturated carbocycles. The number of unbranched alkanes of at least 4 members (excludes halogenated alkanes) is 1. The third kappa shape index (κ3) is 3.63. The minimum absolute atomic E-state index is 0.103. The number of nitrogens with zero attached hydrogens (tertiary/aromatic N) is 1. The molecule has 0 unspecified atom stereocenters. The summed E-state index contributed by atoms with van der Waals surface area (Å²) in [7, 11) is 1.38. The second-order valence-electron chi connectivity index (χ2n) is 5.93. The Morgan fingerprint density at radius 2 is 1.85 bits per heavy atom. The quantitative estimate of drug-likeness (QED) is 0.436. The highest BCUT2D eigenvalue weighted by atomic mass is 16.5. The number of esters is 1. The molecule has 0 bridgehead atoms. The number of aliphatic hydroxyl groups is 1. The highest BCUT2D eigenvalue weighted by molar-refractivity contribution is 6.07. The van der Waals surface area contributed by atoms with Gasteiger partial charge in [0.2, 0.25) is 0 Å². The Hall–Kier alpha value is -3.03. The summed E-state index contributed by atoms with van der Waals surface area (Å²) in [5.41, 5.74) is 3.22. The van der Waals surface area contributed by atoms with E-state index in [0.717, 1.165) is 16.5 Å². The Balaban J connectivity index is 2.18. The van der Waals surface area contributed by atoms with Crippen LogP contribution in [0, 0.1) is 11.8 Å². The molecule has 0 aliphatic carbocycles. The topological polar surface area (TPSA) is 51.5 Å². The van der Waals surface area contributed by atoms with Crippen LogP contribution in [0.1, 0.15) is 34.5 Å². The zero-order valence-corrected chi connectivity index (χ0v) is 14.7. The fourth-order valence-corrected chi connectivity index (χ4v) is 2.99. The molecule has 3 aromatic rings. The molecule has 4 nitrogen and oxygen atoms in total. The number of carbonyl (C=O) groups excluding carboxylic acids is 1. The zero-order valence-electron chi connectivity index (χ0n) is 14.7. The third-order valence-electron chi connectivity index (χ3n) is 4.21. The third-order valence-corrected chi connectivity index (χ3v) is 4.21. The van der Waals surface area contributed by atoms with Crippen LogP contribution < -0.4 is 0 Å². The molecule has 1 heterocycles. The number of ether oxygens (including phenoxy) is 1. The predicted molar refractivity (Wildman–Crippen MR) is 102 cm³/mol. The van der Waals surface area contributed by atoms with E-state index in [4.69, 9.17) is 9.84 Å². The Labute approximate surface area is 153 Å². The summed E-state index contributed by atoms with van der Waals surface area (Å²) < 4.78 is 7.07. The van der Waals surface area contributed by atoms with Crippen LogP contribution in [0.15, 0.2) is 54.6 Å². The van der Waals surface area contributed by atoms with Crippen LogP contribution in [0.5, 0.6) is 0 Å². The highest BCUT2D eigenvalue weighted by Crippen LogP contribution is 2.27. The maximum atomic E-state index is 12.5. The van der Waals surface area contributed by atoms with Gasteiger partial charge in [-0.1, -0.05) is 54.5 Å². The summed E-state index contributed by atoms with van der Waals surface area (Å²) in [5, 5.41) is 9.80. The number of para-hydroxylation sites is 1. The van der Waals surface area contributed by atoms with E-state index in [1.54, 1.807) is 0 Å². The maximum absolute atomic E-state index is 12.5. The number of benzene rings is 2. The van der Waals surface area contributed by atoms with Crippen molar-refractivity contribution in [1.29, 1.82) is 0 Å². The van der Waals surface area contributed by atoms with Crippen LogP contribution >= 0.6 is 0 Å². The lowest BCUT2D eigenvalue weighted by molar-refractivity contribution is 0.0602. The number of fused-ring (bicyclic) bond motifs is 1. The SMILES string of the molecule is COC(=O)c1c(C#CCCCO)n(Cc2ccccc2)c2ccccc12. The molecule has 26 heavy (non-hydrogen) atoms. The first-order valence-corrected chi connectivity index (χ1v) is 8.59. The molecule has 0 spiro atoms. The van der Waals surface area contributed by atoms with E-state index >= 15 is 0 Å². The Bertz CT molecular complexity index is 961. The first-order chi connectivity index (χ1) is 12.8. The zero-order chi connectivity index (χ0) is 18.4. The monoisotopic (exact) mass is 347 g/mol. The maximum Gasteiger partial charge on any atom is 0.341 e. The normalized spacial score (nSPS) is 10.4. The van der Waals surface area contributed by atoms with Crippen molar-refractivity contribution in [2.75, 3.05) is 13.7 Å². The van der Waals surface area contributed by atoms with Gasteiger partial charge in [0.25, 0.3) is 0 Å². The van der Waals surface area contributed by atoms with Crippen molar-refractivity contribution in [3.63, 3.8) is 0 Å². The van der Waals surface area contributed by atoms with Crippen molar-refractivity contribution in [2.45, 2.75) is 19.4 Å². The molecular weight excluding hydrogens is 326 g/mol. The van der Waals surface area contributed by atoms with E-state index in [1.807, 2.05) is 42.5 Å². The molecule has 3 rings (SSSR count). The molecular formula is C22H21NO3. The molecule has 0 fully saturated rings. The lowest BCUT2D eigenvalue weighted by atomic mass is 10.1. The van der Waals surface area contributed by atoms with Crippen LogP contribution in [0.2, 0.25) is 0 Å². The molecule has 0 aliphatic heterocycles. The van der Waals surface area contributed by atoms with Crippen LogP contribution in [0.25, 0.3) is 10.9 Å². The summed E-state index contributed by atoms with van der Waals surface area (Å²) in [4.78, 5) is 12.5. The molecule has 0 amide bonds. The van der Waals surface area contributed by atoms with Gasteiger partial charge in [-0.2, -0.15) is 0 Å². The molecule has 0 aliphatic rings. The number of hydrogen-bond acceptors (Lipinski definition) is 3. The summed E-state index contributed by atoms with van der Waals surface area (Å²) in [6, 6.07) is 17.8.